The zero-order chi connectivity index (χ0) is 16.3. The smallest absolute Gasteiger partial charge is 0.191 e. The molecule has 0 saturated carbocycles. The molecule has 0 fully saturated rings. The molecule has 1 heterocycles. The monoisotopic (exact) mass is 327 g/mol. The van der Waals surface area contributed by atoms with Gasteiger partial charge in [0.2, 0.25) is 0 Å². The van der Waals surface area contributed by atoms with Crippen LogP contribution in [0.15, 0.2) is 23.4 Å². The van der Waals surface area contributed by atoms with Crippen molar-refractivity contribution >= 4 is 17.5 Å². The molecule has 0 aliphatic carbocycles. The van der Waals surface area contributed by atoms with E-state index < -0.39 is 17.6 Å². The van der Waals surface area contributed by atoms with Gasteiger partial charge in [-0.05, 0) is 18.2 Å². The van der Waals surface area contributed by atoms with Gasteiger partial charge in [0, 0.05) is 24.3 Å². The first-order valence-electron chi connectivity index (χ1n) is 6.55. The molecule has 2 aromatic rings. The summed E-state index contributed by atoms with van der Waals surface area (Å²) in [6.07, 6.45) is 0. The molecule has 0 amide bonds. The number of Topliss-reactive ketones (excluding diaryl/α,β-unsaturated/α-hetero) is 1. The highest BCUT2D eigenvalue weighted by Crippen LogP contribution is 2.21. The molecule has 0 saturated heterocycles. The van der Waals surface area contributed by atoms with Crippen LogP contribution in [0.3, 0.4) is 0 Å². The third-order valence-corrected chi connectivity index (χ3v) is 4.46. The first-order chi connectivity index (χ1) is 10.4. The molecule has 0 aliphatic rings. The molecule has 5 nitrogen and oxygen atoms in total. The van der Waals surface area contributed by atoms with Crippen molar-refractivity contribution in [3.8, 4) is 0 Å². The van der Waals surface area contributed by atoms with E-state index in [1.807, 2.05) is 0 Å². The van der Waals surface area contributed by atoms with Crippen molar-refractivity contribution in [2.24, 2.45) is 13.0 Å². The average molecular weight is 327 g/mol. The van der Waals surface area contributed by atoms with Gasteiger partial charge in [0.05, 0.1) is 0 Å². The third-order valence-electron chi connectivity index (χ3n) is 3.18. The lowest BCUT2D eigenvalue weighted by Crippen LogP contribution is -2.14. The van der Waals surface area contributed by atoms with Gasteiger partial charge >= 0.3 is 0 Å². The fourth-order valence-corrected chi connectivity index (χ4v) is 2.77. The van der Waals surface area contributed by atoms with Crippen LogP contribution in [-0.2, 0) is 13.7 Å². The van der Waals surface area contributed by atoms with Crippen LogP contribution in [0.4, 0.5) is 8.78 Å². The summed E-state index contributed by atoms with van der Waals surface area (Å²) in [4.78, 5) is 12.2. The zero-order valence-electron chi connectivity index (χ0n) is 12.1. The van der Waals surface area contributed by atoms with E-state index in [2.05, 4.69) is 10.2 Å². The molecule has 0 radical (unpaired) electrons. The minimum atomic E-state index is -1.04. The van der Waals surface area contributed by atoms with Crippen molar-refractivity contribution in [3.63, 3.8) is 0 Å². The average Bonchev–Trinajstić information content (AvgIpc) is 2.87. The Morgan fingerprint density at radius 2 is 2.09 bits per heavy atom. The molecule has 1 N–H and O–H groups in total. The quantitative estimate of drug-likeness (QED) is 0.651. The van der Waals surface area contributed by atoms with Crippen molar-refractivity contribution in [1.29, 1.82) is 0 Å². The number of rotatable bonds is 6. The predicted molar refractivity (Wildman–Crippen MR) is 77.5 cm³/mol. The van der Waals surface area contributed by atoms with Crippen LogP contribution in [0.25, 0.3) is 0 Å². The van der Waals surface area contributed by atoms with Gasteiger partial charge < -0.3 is 9.67 Å². The van der Waals surface area contributed by atoms with Gasteiger partial charge in [-0.2, -0.15) is 0 Å². The summed E-state index contributed by atoms with van der Waals surface area (Å²) in [5.41, 5.74) is 0.140. The normalized spacial score (nSPS) is 12.4. The van der Waals surface area contributed by atoms with Gasteiger partial charge in [-0.25, -0.2) is 8.78 Å². The van der Waals surface area contributed by atoms with Gasteiger partial charge in [0.1, 0.15) is 6.61 Å². The summed E-state index contributed by atoms with van der Waals surface area (Å²) in [6.45, 7) is 1.49. The second kappa shape index (κ2) is 6.97. The lowest BCUT2D eigenvalue weighted by Gasteiger charge is -2.10. The fraction of sp³-hybridized carbons (Fsp3) is 0.357. The fourth-order valence-electron chi connectivity index (χ4n) is 1.82. The first-order valence-corrected chi connectivity index (χ1v) is 7.53. The van der Waals surface area contributed by atoms with Crippen LogP contribution in [0.5, 0.6) is 0 Å². The van der Waals surface area contributed by atoms with Crippen molar-refractivity contribution in [1.82, 2.24) is 14.8 Å². The molecule has 0 spiro atoms. The van der Waals surface area contributed by atoms with Gasteiger partial charge in [-0.3, -0.25) is 4.79 Å². The summed E-state index contributed by atoms with van der Waals surface area (Å²) >= 11 is 1.31. The van der Waals surface area contributed by atoms with Crippen molar-refractivity contribution in [2.45, 2.75) is 18.7 Å². The minimum Gasteiger partial charge on any atom is -0.388 e. The maximum atomic E-state index is 13.2. The molecule has 0 aliphatic heterocycles. The number of ketones is 1. The second-order valence-corrected chi connectivity index (χ2v) is 5.81. The Kier molecular flexibility index (Phi) is 5.25. The van der Waals surface area contributed by atoms with Gasteiger partial charge in [-0.1, -0.05) is 18.7 Å². The van der Waals surface area contributed by atoms with E-state index in [1.54, 1.807) is 18.5 Å². The number of aromatic nitrogens is 3. The Morgan fingerprint density at radius 3 is 2.68 bits per heavy atom. The number of hydrogen-bond donors (Lipinski definition) is 1. The number of carbonyl (C=O) groups excluding carboxylic acids is 1. The van der Waals surface area contributed by atoms with Crippen molar-refractivity contribution in [3.05, 3.63) is 41.2 Å². The summed E-state index contributed by atoms with van der Waals surface area (Å²) in [5.74, 6) is -1.84. The molecule has 1 atom stereocenters. The van der Waals surface area contributed by atoms with Crippen LogP contribution in [-0.4, -0.2) is 31.4 Å². The number of aliphatic hydroxyl groups excluding tert-OH is 1. The number of halogens is 2. The Labute approximate surface area is 130 Å². The standard InChI is InChI=1S/C14H15F2N3O2S/c1-8(7-22-14-18-17-12(6-20)19(14)2)13(21)9-3-4-10(15)11(16)5-9/h3-5,8,20H,6-7H2,1-2H3. The van der Waals surface area contributed by atoms with Crippen LogP contribution < -0.4 is 0 Å². The van der Waals surface area contributed by atoms with Gasteiger partial charge in [-0.15, -0.1) is 10.2 Å². The summed E-state index contributed by atoms with van der Waals surface area (Å²) in [7, 11) is 1.72. The van der Waals surface area contributed by atoms with Gasteiger partial charge in [0.15, 0.2) is 28.4 Å². The molecule has 1 aromatic heterocycles. The van der Waals surface area contributed by atoms with Crippen LogP contribution in [0, 0.1) is 17.6 Å². The van der Waals surface area contributed by atoms with Crippen molar-refractivity contribution in [2.75, 3.05) is 5.75 Å². The first kappa shape index (κ1) is 16.6. The van der Waals surface area contributed by atoms with Crippen LogP contribution in [0.2, 0.25) is 0 Å². The SMILES string of the molecule is CC(CSc1nnc(CO)n1C)C(=O)c1ccc(F)c(F)c1. The molecule has 8 heteroatoms. The molecule has 1 aromatic carbocycles. The Hall–Kier alpha value is -1.80. The Morgan fingerprint density at radius 1 is 1.36 bits per heavy atom. The summed E-state index contributed by atoms with van der Waals surface area (Å²) < 4.78 is 27.7. The van der Waals surface area contributed by atoms with Gasteiger partial charge in [0.25, 0.3) is 0 Å². The van der Waals surface area contributed by atoms with E-state index in [0.29, 0.717) is 16.7 Å². The number of nitrogens with zero attached hydrogens (tertiary/aromatic N) is 3. The van der Waals surface area contributed by atoms with Crippen molar-refractivity contribution < 1.29 is 18.7 Å². The molecule has 118 valence electrons. The maximum absolute atomic E-state index is 13.2. The highest BCUT2D eigenvalue weighted by molar-refractivity contribution is 7.99. The molecule has 2 rings (SSSR count). The lowest BCUT2D eigenvalue weighted by atomic mass is 10.0. The second-order valence-electron chi connectivity index (χ2n) is 4.82. The number of benzene rings is 1. The van der Waals surface area contributed by atoms with E-state index in [1.165, 1.54) is 17.8 Å². The zero-order valence-corrected chi connectivity index (χ0v) is 12.9. The highest BCUT2D eigenvalue weighted by atomic mass is 32.2. The van der Waals surface area contributed by atoms with E-state index >= 15 is 0 Å². The Balaban J connectivity index is 2.02. The molecule has 1 unspecified atom stereocenters. The minimum absolute atomic E-state index is 0.140. The number of hydrogen-bond acceptors (Lipinski definition) is 5. The molecular formula is C14H15F2N3O2S. The van der Waals surface area contributed by atoms with E-state index in [9.17, 15) is 13.6 Å². The van der Waals surface area contributed by atoms with E-state index in [0.717, 1.165) is 12.1 Å². The third kappa shape index (κ3) is 3.50. The van der Waals surface area contributed by atoms with Crippen LogP contribution in [0.1, 0.15) is 23.1 Å². The maximum Gasteiger partial charge on any atom is 0.191 e. The predicted octanol–water partition coefficient (Wildman–Crippen LogP) is 2.20. The largest absolute Gasteiger partial charge is 0.388 e. The number of carbonyl (C=O) groups is 1. The lowest BCUT2D eigenvalue weighted by molar-refractivity contribution is 0.0941. The highest BCUT2D eigenvalue weighted by Gasteiger charge is 2.18. The topological polar surface area (TPSA) is 68.0 Å². The Bertz CT molecular complexity index is 691. The van der Waals surface area contributed by atoms with Crippen LogP contribution >= 0.6 is 11.8 Å². The number of aliphatic hydroxyl groups is 1. The number of thioether (sulfide) groups is 1. The summed E-state index contributed by atoms with van der Waals surface area (Å²) in [5, 5.41) is 17.3. The molecule has 0 bridgehead atoms. The summed E-state index contributed by atoms with van der Waals surface area (Å²) in [6, 6.07) is 3.12. The van der Waals surface area contributed by atoms with E-state index in [4.69, 9.17) is 5.11 Å². The molecule has 22 heavy (non-hydrogen) atoms. The molecular weight excluding hydrogens is 312 g/mol. The van der Waals surface area contributed by atoms with E-state index in [-0.39, 0.29) is 18.0 Å².